The van der Waals surface area contributed by atoms with Gasteiger partial charge >= 0.3 is 23.9 Å². The first-order valence-electron chi connectivity index (χ1n) is 18.5. The zero-order valence-corrected chi connectivity index (χ0v) is 32.9. The van der Waals surface area contributed by atoms with Crippen molar-refractivity contribution < 1.29 is 144 Å². The maximum absolute atomic E-state index is 13.0. The summed E-state index contributed by atoms with van der Waals surface area (Å²) < 4.78 is 47.8. The highest BCUT2D eigenvalue weighted by atomic mass is 16.9. The van der Waals surface area contributed by atoms with E-state index in [0.717, 1.165) is 0 Å². The van der Waals surface area contributed by atoms with Crippen LogP contribution in [0.4, 0.5) is 0 Å². The summed E-state index contributed by atoms with van der Waals surface area (Å²) in [6.07, 6.45) is -30.9. The molecule has 0 spiro atoms. The number of rotatable bonds is 12. The van der Waals surface area contributed by atoms with Gasteiger partial charge in [0, 0.05) is 0 Å². The van der Waals surface area contributed by atoms with Crippen LogP contribution in [0.15, 0.2) is 0 Å². The summed E-state index contributed by atoms with van der Waals surface area (Å²) >= 11 is 0. The molecule has 5 rings (SSSR count). The average molecular weight is 911 g/mol. The van der Waals surface area contributed by atoms with Gasteiger partial charge in [0.1, 0.15) is 67.1 Å². The first-order chi connectivity index (χ1) is 28.3. The number of Topliss-reactive ketones (excluding diaryl/α,β-unsaturated/α-hetero) is 4. The summed E-state index contributed by atoms with van der Waals surface area (Å²) in [4.78, 5) is 51.6. The van der Waals surface area contributed by atoms with Crippen molar-refractivity contribution in [3.8, 4) is 0 Å². The molecule has 62 heavy (non-hydrogen) atoms. The lowest BCUT2D eigenvalue weighted by atomic mass is 9.83. The lowest BCUT2D eigenvalue weighted by Crippen LogP contribution is -2.79. The quantitative estimate of drug-likeness (QED) is 0.0808. The Labute approximate surface area is 347 Å². The summed E-state index contributed by atoms with van der Waals surface area (Å²) in [6, 6.07) is 0. The van der Waals surface area contributed by atoms with Crippen LogP contribution in [0.3, 0.4) is 0 Å². The van der Waals surface area contributed by atoms with E-state index >= 15 is 0 Å². The smallest absolute Gasteiger partial charge is 0.323 e. The molecule has 5 saturated heterocycles. The van der Waals surface area contributed by atoms with Crippen molar-refractivity contribution in [2.24, 2.45) is 0 Å². The fourth-order valence-electron chi connectivity index (χ4n) is 7.62. The van der Waals surface area contributed by atoms with Gasteiger partial charge in [-0.3, -0.25) is 23.9 Å². The lowest BCUT2D eigenvalue weighted by Gasteiger charge is -2.56. The molecule has 5 aliphatic heterocycles. The van der Waals surface area contributed by atoms with Crippen LogP contribution in [-0.4, -0.2) is 258 Å². The first kappa shape index (κ1) is 50.7. The fourth-order valence-corrected chi connectivity index (χ4v) is 7.62. The molecule has 0 saturated carbocycles. The van der Waals surface area contributed by atoms with E-state index in [0.29, 0.717) is 27.7 Å². The normalized spacial score (nSPS) is 52.6. The molecule has 0 aliphatic carbocycles. The maximum Gasteiger partial charge on any atom is 0.323 e. The summed E-state index contributed by atoms with van der Waals surface area (Å²) in [5.41, 5.74) is -15.1. The van der Waals surface area contributed by atoms with Gasteiger partial charge in [-0.05, 0) is 27.7 Å². The van der Waals surface area contributed by atoms with E-state index in [9.17, 15) is 101 Å². The molecule has 5 fully saturated rings. The Kier molecular flexibility index (Phi) is 13.8. The van der Waals surface area contributed by atoms with E-state index in [1.165, 1.54) is 0 Å². The predicted molar refractivity (Wildman–Crippen MR) is 180 cm³/mol. The Hall–Kier alpha value is -2.32. The van der Waals surface area contributed by atoms with Crippen molar-refractivity contribution in [2.45, 2.75) is 147 Å². The van der Waals surface area contributed by atoms with Crippen LogP contribution < -0.4 is 0 Å². The number of ether oxygens (including phenoxy) is 9. The minimum absolute atomic E-state index is 0.513. The molecular formula is C33H50O29. The first-order valence-corrected chi connectivity index (χ1v) is 18.5. The molecule has 356 valence electrons. The number of carbonyl (C=O) groups is 4. The van der Waals surface area contributed by atoms with Gasteiger partial charge in [-0.1, -0.05) is 0 Å². The maximum atomic E-state index is 13.0. The van der Waals surface area contributed by atoms with E-state index in [4.69, 9.17) is 42.6 Å². The fraction of sp³-hybridized carbons (Fsp3) is 0.879. The SMILES string of the molecule is CC(=O)[C@@]1(O)[C@H](O)[C@H](O)CO[C@]1(O)O[C@H]1OC[C@@H](O[C@@]2(O)OC[C@@H](O)[C@@H](O)[C@]2(O)C(C)=O)[C@@H](O[C@@]2(O)OC[C@@H](O)[C@@H](O)[C@]2(O)C(C)=O)[C@H]1O[C@@]1(O)OC[C@@H](O)[C@@H](O)[C@]1(O)C(C)=O. The van der Waals surface area contributed by atoms with Gasteiger partial charge in [0.25, 0.3) is 0 Å². The van der Waals surface area contributed by atoms with Crippen molar-refractivity contribution in [1.29, 1.82) is 0 Å². The molecule has 0 unspecified atom stereocenters. The standard InChI is InChI=1S/C33H50O29/c1-10(34)26(46)21(42)14(38)5-55-30(26,50)59-18-9-54-25(62-33(53)29(49,13(4)37)24(45)17(41)8-58-33)20(61-32(52)28(48,12(3)36)23(44)16(40)7-57-32)19(18)60-31(51)27(47,11(2)35)22(43)15(39)6-56-31/h14-25,38-53H,5-9H2,1-4H3/t14-,15-,16-,17-,18-,19-,20-,21-,22-,23-,24-,25-,26-,27-,28-,29-,30+,31+,32+,33+/m1/s1. The third kappa shape index (κ3) is 7.36. The van der Waals surface area contributed by atoms with E-state index in [1.807, 2.05) is 0 Å². The van der Waals surface area contributed by atoms with Crippen LogP contribution >= 0.6 is 0 Å². The molecule has 0 bridgehead atoms. The van der Waals surface area contributed by atoms with E-state index in [-0.39, 0.29) is 0 Å². The third-order valence-electron chi connectivity index (χ3n) is 11.6. The monoisotopic (exact) mass is 910 g/mol. The van der Waals surface area contributed by atoms with Crippen LogP contribution in [-0.2, 0) is 61.8 Å². The molecule has 0 aromatic carbocycles. The van der Waals surface area contributed by atoms with Gasteiger partial charge < -0.3 is 120 Å². The molecule has 16 N–H and O–H groups in total. The van der Waals surface area contributed by atoms with E-state index < -0.39 is 176 Å². The number of hydrogen-bond donors (Lipinski definition) is 16. The topological polar surface area (TPSA) is 475 Å². The number of aliphatic hydroxyl groups is 16. The van der Waals surface area contributed by atoms with Crippen molar-refractivity contribution in [3.63, 3.8) is 0 Å². The second-order valence-electron chi connectivity index (χ2n) is 15.6. The van der Waals surface area contributed by atoms with Gasteiger partial charge in [0.15, 0.2) is 29.4 Å². The molecule has 5 heterocycles. The number of ketones is 4. The Bertz CT molecular complexity index is 1610. The van der Waals surface area contributed by atoms with Gasteiger partial charge in [-0.2, -0.15) is 0 Å². The summed E-state index contributed by atoms with van der Waals surface area (Å²) in [6.45, 7) is -4.05. The molecule has 5 aliphatic rings. The molecule has 0 radical (unpaired) electrons. The Morgan fingerprint density at radius 3 is 0.952 bits per heavy atom. The van der Waals surface area contributed by atoms with Crippen LogP contribution in [0.1, 0.15) is 27.7 Å². The van der Waals surface area contributed by atoms with Gasteiger partial charge in [-0.25, -0.2) is 0 Å². The molecule has 29 nitrogen and oxygen atoms in total. The minimum Gasteiger partial charge on any atom is -0.388 e. The summed E-state index contributed by atoms with van der Waals surface area (Å²) in [5, 5.41) is 177. The van der Waals surface area contributed by atoms with Crippen molar-refractivity contribution in [2.75, 3.05) is 33.0 Å². The zero-order valence-electron chi connectivity index (χ0n) is 32.9. The van der Waals surface area contributed by atoms with Crippen molar-refractivity contribution in [3.05, 3.63) is 0 Å². The van der Waals surface area contributed by atoms with Crippen molar-refractivity contribution >= 4 is 23.1 Å². The third-order valence-corrected chi connectivity index (χ3v) is 11.6. The van der Waals surface area contributed by atoms with Crippen molar-refractivity contribution in [1.82, 2.24) is 0 Å². The second-order valence-corrected chi connectivity index (χ2v) is 15.6. The molecule has 0 aromatic heterocycles. The average Bonchev–Trinajstić information content (AvgIpc) is 3.20. The molecule has 0 amide bonds. The minimum atomic E-state index is -4.10. The highest BCUT2D eigenvalue weighted by molar-refractivity contribution is 5.88. The summed E-state index contributed by atoms with van der Waals surface area (Å²) in [7, 11) is 0. The molecule has 20 atom stereocenters. The Balaban J connectivity index is 1.76. The Morgan fingerprint density at radius 1 is 0.403 bits per heavy atom. The van der Waals surface area contributed by atoms with E-state index in [1.54, 1.807) is 0 Å². The molecule has 29 heteroatoms. The van der Waals surface area contributed by atoms with Crippen LogP contribution in [0.5, 0.6) is 0 Å². The highest BCUT2D eigenvalue weighted by Gasteiger charge is 2.74. The van der Waals surface area contributed by atoms with Crippen LogP contribution in [0.25, 0.3) is 0 Å². The molecule has 0 aromatic rings. The largest absolute Gasteiger partial charge is 0.388 e. The zero-order chi connectivity index (χ0) is 47.1. The second kappa shape index (κ2) is 16.8. The van der Waals surface area contributed by atoms with Gasteiger partial charge in [0.2, 0.25) is 22.4 Å². The lowest BCUT2D eigenvalue weighted by molar-refractivity contribution is -0.535. The summed E-state index contributed by atoms with van der Waals surface area (Å²) in [5.74, 6) is -22.5. The van der Waals surface area contributed by atoms with E-state index in [2.05, 4.69) is 0 Å². The number of carbonyl (C=O) groups excluding carboxylic acids is 4. The molecular weight excluding hydrogens is 860 g/mol. The van der Waals surface area contributed by atoms with Crippen LogP contribution in [0.2, 0.25) is 0 Å². The van der Waals surface area contributed by atoms with Gasteiger partial charge in [0.05, 0.1) is 33.0 Å². The number of hydrogen-bond acceptors (Lipinski definition) is 29. The Morgan fingerprint density at radius 2 is 0.661 bits per heavy atom. The van der Waals surface area contributed by atoms with Crippen LogP contribution in [0, 0.1) is 0 Å². The van der Waals surface area contributed by atoms with Gasteiger partial charge in [-0.15, -0.1) is 0 Å². The highest BCUT2D eigenvalue weighted by Crippen LogP contribution is 2.47. The number of aliphatic hydroxyl groups excluding tert-OH is 8. The predicted octanol–water partition coefficient (Wildman–Crippen LogP) is -11.6.